The van der Waals surface area contributed by atoms with Gasteiger partial charge in [-0.2, -0.15) is 0 Å². The first-order chi connectivity index (χ1) is 14.1. The number of rotatable bonds is 6. The van der Waals surface area contributed by atoms with Crippen LogP contribution in [0.5, 0.6) is 5.75 Å². The van der Waals surface area contributed by atoms with Crippen molar-refractivity contribution >= 4 is 0 Å². The predicted molar refractivity (Wildman–Crippen MR) is 113 cm³/mol. The van der Waals surface area contributed by atoms with Crippen molar-refractivity contribution in [2.24, 2.45) is 0 Å². The summed E-state index contributed by atoms with van der Waals surface area (Å²) < 4.78 is 17.6. The summed E-state index contributed by atoms with van der Waals surface area (Å²) in [5.41, 5.74) is 5.01. The highest BCUT2D eigenvalue weighted by Gasteiger charge is 2.28. The monoisotopic (exact) mass is 396 g/mol. The first kappa shape index (κ1) is 20.4. The van der Waals surface area contributed by atoms with E-state index in [0.29, 0.717) is 13.0 Å². The van der Waals surface area contributed by atoms with E-state index in [9.17, 15) is 5.11 Å². The summed E-state index contributed by atoms with van der Waals surface area (Å²) in [5.74, 6) is 0.907. The molecule has 4 rings (SSSR count). The maximum atomic E-state index is 10.2. The van der Waals surface area contributed by atoms with Gasteiger partial charge in [0.05, 0.1) is 31.5 Å². The van der Waals surface area contributed by atoms with Gasteiger partial charge in [-0.3, -0.25) is 0 Å². The third-order valence-electron chi connectivity index (χ3n) is 6.09. The third kappa shape index (κ3) is 5.19. The normalized spacial score (nSPS) is 27.1. The zero-order valence-electron chi connectivity index (χ0n) is 17.5. The maximum absolute atomic E-state index is 10.2. The Morgan fingerprint density at radius 1 is 1.10 bits per heavy atom. The lowest BCUT2D eigenvalue weighted by atomic mass is 9.91. The van der Waals surface area contributed by atoms with E-state index in [1.807, 2.05) is 0 Å². The van der Waals surface area contributed by atoms with Crippen LogP contribution in [0.25, 0.3) is 0 Å². The van der Waals surface area contributed by atoms with Crippen LogP contribution in [0.4, 0.5) is 0 Å². The number of aliphatic hydroxyl groups excluding tert-OH is 1. The van der Waals surface area contributed by atoms with Gasteiger partial charge >= 0.3 is 0 Å². The van der Waals surface area contributed by atoms with E-state index in [-0.39, 0.29) is 24.4 Å². The molecule has 2 aliphatic heterocycles. The molecule has 0 saturated carbocycles. The summed E-state index contributed by atoms with van der Waals surface area (Å²) >= 11 is 0. The van der Waals surface area contributed by atoms with Gasteiger partial charge < -0.3 is 19.3 Å². The molecule has 0 aliphatic carbocycles. The molecule has 4 heteroatoms. The lowest BCUT2D eigenvalue weighted by Gasteiger charge is -2.33. The Morgan fingerprint density at radius 3 is 2.66 bits per heavy atom. The molecule has 4 nitrogen and oxygen atoms in total. The fourth-order valence-corrected chi connectivity index (χ4v) is 4.25. The van der Waals surface area contributed by atoms with E-state index in [1.54, 1.807) is 0 Å². The zero-order valence-corrected chi connectivity index (χ0v) is 17.5. The summed E-state index contributed by atoms with van der Waals surface area (Å²) in [6.07, 6.45) is 4.22. The predicted octanol–water partition coefficient (Wildman–Crippen LogP) is 4.74. The van der Waals surface area contributed by atoms with E-state index >= 15 is 0 Å². The molecule has 0 spiro atoms. The molecule has 156 valence electrons. The lowest BCUT2D eigenvalue weighted by molar-refractivity contribution is -0.0983. The second-order valence-electron chi connectivity index (χ2n) is 8.39. The van der Waals surface area contributed by atoms with Gasteiger partial charge in [0, 0.05) is 12.8 Å². The molecule has 2 aliphatic rings. The quantitative estimate of drug-likeness (QED) is 0.766. The second kappa shape index (κ2) is 9.29. The Hall–Kier alpha value is -1.88. The van der Waals surface area contributed by atoms with Crippen LogP contribution in [0.2, 0.25) is 0 Å². The molecule has 0 aromatic heterocycles. The molecule has 0 bridgehead atoms. The summed E-state index contributed by atoms with van der Waals surface area (Å²) in [4.78, 5) is 0. The summed E-state index contributed by atoms with van der Waals surface area (Å²) in [6.45, 7) is 5.75. The summed E-state index contributed by atoms with van der Waals surface area (Å²) in [7, 11) is 0. The van der Waals surface area contributed by atoms with Gasteiger partial charge in [0.2, 0.25) is 0 Å². The standard InChI is InChI=1S/C25H32O4/c1-3-22-14-21(26)15-25(29-22)19-7-4-17(2)20(13-19)12-18-5-8-23(9-6-18)28-24-10-11-27-16-24/h4-9,13,21-22,24-26H,3,10-12,14-16H2,1-2H3. The molecule has 0 amide bonds. The largest absolute Gasteiger partial charge is 0.488 e. The second-order valence-corrected chi connectivity index (χ2v) is 8.39. The van der Waals surface area contributed by atoms with Crippen molar-refractivity contribution in [3.05, 3.63) is 64.7 Å². The molecule has 2 fully saturated rings. The minimum absolute atomic E-state index is 0.0209. The van der Waals surface area contributed by atoms with E-state index in [4.69, 9.17) is 14.2 Å². The highest BCUT2D eigenvalue weighted by Crippen LogP contribution is 2.34. The molecular weight excluding hydrogens is 364 g/mol. The number of hydrogen-bond donors (Lipinski definition) is 1. The third-order valence-corrected chi connectivity index (χ3v) is 6.09. The first-order valence-electron chi connectivity index (χ1n) is 10.9. The number of aryl methyl sites for hydroxylation is 1. The zero-order chi connectivity index (χ0) is 20.2. The van der Waals surface area contributed by atoms with Crippen molar-refractivity contribution in [1.82, 2.24) is 0 Å². The van der Waals surface area contributed by atoms with E-state index in [0.717, 1.165) is 38.0 Å². The van der Waals surface area contributed by atoms with Crippen LogP contribution < -0.4 is 4.74 Å². The first-order valence-corrected chi connectivity index (χ1v) is 10.9. The molecular formula is C25H32O4. The number of hydrogen-bond acceptors (Lipinski definition) is 4. The van der Waals surface area contributed by atoms with Crippen LogP contribution in [-0.4, -0.2) is 36.6 Å². The number of aliphatic hydroxyl groups is 1. The minimum atomic E-state index is -0.277. The Morgan fingerprint density at radius 2 is 1.93 bits per heavy atom. The van der Waals surface area contributed by atoms with Gasteiger partial charge in [-0.1, -0.05) is 37.3 Å². The molecule has 2 heterocycles. The Balaban J connectivity index is 1.45. The van der Waals surface area contributed by atoms with E-state index in [2.05, 4.69) is 56.3 Å². The molecule has 1 N–H and O–H groups in total. The van der Waals surface area contributed by atoms with Crippen LogP contribution in [0, 0.1) is 6.92 Å². The fraction of sp³-hybridized carbons (Fsp3) is 0.520. The number of benzene rings is 2. The van der Waals surface area contributed by atoms with Crippen LogP contribution in [0.15, 0.2) is 42.5 Å². The van der Waals surface area contributed by atoms with Crippen molar-refractivity contribution in [1.29, 1.82) is 0 Å². The lowest BCUT2D eigenvalue weighted by Crippen LogP contribution is -2.30. The SMILES string of the molecule is CCC1CC(O)CC(c2ccc(C)c(Cc3ccc(OC4CCOC4)cc3)c2)O1. The van der Waals surface area contributed by atoms with Gasteiger partial charge in [0.25, 0.3) is 0 Å². The van der Waals surface area contributed by atoms with Gasteiger partial charge in [-0.25, -0.2) is 0 Å². The van der Waals surface area contributed by atoms with Crippen LogP contribution in [0.3, 0.4) is 0 Å². The summed E-state index contributed by atoms with van der Waals surface area (Å²) in [5, 5.41) is 10.2. The molecule has 29 heavy (non-hydrogen) atoms. The van der Waals surface area contributed by atoms with E-state index in [1.165, 1.54) is 22.3 Å². The van der Waals surface area contributed by atoms with Gasteiger partial charge in [0.1, 0.15) is 11.9 Å². The topological polar surface area (TPSA) is 47.9 Å². The van der Waals surface area contributed by atoms with Crippen molar-refractivity contribution in [2.75, 3.05) is 13.2 Å². The van der Waals surface area contributed by atoms with Crippen LogP contribution >= 0.6 is 0 Å². The molecule has 4 unspecified atom stereocenters. The Labute approximate surface area is 173 Å². The molecule has 2 aromatic rings. The van der Waals surface area contributed by atoms with E-state index < -0.39 is 0 Å². The highest BCUT2D eigenvalue weighted by atomic mass is 16.5. The average Bonchev–Trinajstić information content (AvgIpc) is 3.23. The average molecular weight is 397 g/mol. The Kier molecular flexibility index (Phi) is 6.53. The highest BCUT2D eigenvalue weighted by molar-refractivity contribution is 5.38. The maximum Gasteiger partial charge on any atom is 0.124 e. The molecule has 2 saturated heterocycles. The van der Waals surface area contributed by atoms with Crippen LogP contribution in [0.1, 0.15) is 61.0 Å². The van der Waals surface area contributed by atoms with Gasteiger partial charge in [0.15, 0.2) is 0 Å². The number of ether oxygens (including phenoxy) is 3. The Bertz CT molecular complexity index is 795. The van der Waals surface area contributed by atoms with Gasteiger partial charge in [-0.05, 0) is 60.6 Å². The van der Waals surface area contributed by atoms with Crippen molar-refractivity contribution in [3.8, 4) is 5.75 Å². The van der Waals surface area contributed by atoms with Crippen LogP contribution in [-0.2, 0) is 15.9 Å². The summed E-state index contributed by atoms with van der Waals surface area (Å²) in [6, 6.07) is 15.0. The van der Waals surface area contributed by atoms with Gasteiger partial charge in [-0.15, -0.1) is 0 Å². The van der Waals surface area contributed by atoms with Crippen molar-refractivity contribution in [2.45, 2.75) is 70.4 Å². The van der Waals surface area contributed by atoms with Crippen molar-refractivity contribution in [3.63, 3.8) is 0 Å². The molecule has 0 radical (unpaired) electrons. The fourth-order valence-electron chi connectivity index (χ4n) is 4.25. The minimum Gasteiger partial charge on any atom is -0.488 e. The molecule has 2 aromatic carbocycles. The smallest absolute Gasteiger partial charge is 0.124 e. The molecule has 4 atom stereocenters. The van der Waals surface area contributed by atoms with Crippen molar-refractivity contribution < 1.29 is 19.3 Å².